The number of rotatable bonds is 2. The molecular weight excluding hydrogens is 312 g/mol. The molecule has 128 valence electrons. The highest BCUT2D eigenvalue weighted by Gasteiger charge is 2.27. The van der Waals surface area contributed by atoms with Crippen LogP contribution in [0.25, 0.3) is 11.4 Å². The molecule has 1 aromatic heterocycles. The molecule has 0 fully saturated rings. The fraction of sp³-hybridized carbons (Fsp3) is 0.444. The van der Waals surface area contributed by atoms with Gasteiger partial charge in [0.1, 0.15) is 11.5 Å². The summed E-state index contributed by atoms with van der Waals surface area (Å²) in [6.45, 7) is 6.44. The Balaban J connectivity index is 2.07. The molecule has 24 heavy (non-hydrogen) atoms. The Morgan fingerprint density at radius 2 is 1.96 bits per heavy atom. The van der Waals surface area contributed by atoms with Gasteiger partial charge in [-0.25, -0.2) is 13.8 Å². The van der Waals surface area contributed by atoms with Gasteiger partial charge >= 0.3 is 0 Å². The van der Waals surface area contributed by atoms with E-state index in [9.17, 15) is 13.6 Å². The molecule has 1 aromatic carbocycles. The largest absolute Gasteiger partial charge is 0.346 e. The van der Waals surface area contributed by atoms with Crippen molar-refractivity contribution in [1.82, 2.24) is 14.9 Å². The molecule has 1 N–H and O–H groups in total. The first-order valence-corrected chi connectivity index (χ1v) is 8.13. The summed E-state index contributed by atoms with van der Waals surface area (Å²) in [4.78, 5) is 17.1. The number of nitrogens with one attached hydrogen (secondary N) is 1. The van der Waals surface area contributed by atoms with Crippen molar-refractivity contribution in [2.75, 3.05) is 0 Å². The maximum Gasteiger partial charge on any atom is 0.272 e. The van der Waals surface area contributed by atoms with Gasteiger partial charge in [-0.15, -0.1) is 0 Å². The van der Waals surface area contributed by atoms with Crippen LogP contribution in [-0.4, -0.2) is 21.0 Å². The van der Waals surface area contributed by atoms with Crippen molar-refractivity contribution >= 4 is 5.91 Å². The third-order valence-corrected chi connectivity index (χ3v) is 4.00. The first-order valence-electron chi connectivity index (χ1n) is 8.13. The maximum absolute atomic E-state index is 13.6. The van der Waals surface area contributed by atoms with E-state index in [1.807, 2.05) is 25.3 Å². The Labute approximate surface area is 139 Å². The van der Waals surface area contributed by atoms with E-state index in [0.29, 0.717) is 17.1 Å². The van der Waals surface area contributed by atoms with Gasteiger partial charge in [-0.1, -0.05) is 0 Å². The number of halogens is 2. The summed E-state index contributed by atoms with van der Waals surface area (Å²) in [6.07, 6.45) is 2.71. The predicted octanol–water partition coefficient (Wildman–Crippen LogP) is 3.69. The molecule has 0 radical (unpaired) electrons. The number of imidazole rings is 1. The van der Waals surface area contributed by atoms with E-state index < -0.39 is 11.6 Å². The van der Waals surface area contributed by atoms with E-state index >= 15 is 0 Å². The number of hydrogen-bond acceptors (Lipinski definition) is 2. The zero-order chi connectivity index (χ0) is 17.5. The lowest BCUT2D eigenvalue weighted by atomic mass is 10.1. The van der Waals surface area contributed by atoms with Gasteiger partial charge in [0.15, 0.2) is 11.6 Å². The summed E-state index contributed by atoms with van der Waals surface area (Å²) in [7, 11) is 0. The number of fused-ring (bicyclic) bond motifs is 1. The lowest BCUT2D eigenvalue weighted by Crippen LogP contribution is -2.41. The first-order chi connectivity index (χ1) is 11.3. The van der Waals surface area contributed by atoms with Gasteiger partial charge in [0.05, 0.1) is 5.69 Å². The standard InChI is InChI=1S/C18H21F2N3O/c1-18(2,3)22-17(24)15-14-6-4-5-9-23(14)16(21-15)11-7-8-12(19)13(20)10-11/h7-8,10H,4-6,9H2,1-3H3,(H,22,24). The third-order valence-electron chi connectivity index (χ3n) is 4.00. The SMILES string of the molecule is CC(C)(C)NC(=O)c1nc(-c2ccc(F)c(F)c2)n2c1CCCC2. The van der Waals surface area contributed by atoms with Crippen LogP contribution in [0.3, 0.4) is 0 Å². The number of aromatic nitrogens is 2. The molecular formula is C18H21F2N3O. The van der Waals surface area contributed by atoms with Crippen molar-refractivity contribution in [2.45, 2.75) is 52.1 Å². The Hall–Kier alpha value is -2.24. The smallest absolute Gasteiger partial charge is 0.272 e. The van der Waals surface area contributed by atoms with Gasteiger partial charge in [-0.05, 0) is 58.2 Å². The lowest BCUT2D eigenvalue weighted by molar-refractivity contribution is 0.0913. The second-order valence-corrected chi connectivity index (χ2v) is 7.17. The Kier molecular flexibility index (Phi) is 4.15. The van der Waals surface area contributed by atoms with Crippen LogP contribution >= 0.6 is 0 Å². The topological polar surface area (TPSA) is 46.9 Å². The van der Waals surface area contributed by atoms with E-state index in [1.54, 1.807) is 0 Å². The fourth-order valence-corrected chi connectivity index (χ4v) is 2.98. The number of carbonyl (C=O) groups excluding carboxylic acids is 1. The van der Waals surface area contributed by atoms with Gasteiger partial charge < -0.3 is 9.88 Å². The minimum Gasteiger partial charge on any atom is -0.346 e. The molecule has 0 aliphatic carbocycles. The zero-order valence-electron chi connectivity index (χ0n) is 14.1. The molecule has 0 saturated carbocycles. The number of nitrogens with zero attached hydrogens (tertiary/aromatic N) is 2. The number of amides is 1. The maximum atomic E-state index is 13.6. The van der Waals surface area contributed by atoms with Crippen LogP contribution in [0.15, 0.2) is 18.2 Å². The van der Waals surface area contributed by atoms with Crippen LogP contribution in [0.5, 0.6) is 0 Å². The molecule has 1 aliphatic rings. The average molecular weight is 333 g/mol. The second kappa shape index (κ2) is 6.00. The summed E-state index contributed by atoms with van der Waals surface area (Å²) in [5.41, 5.74) is 1.35. The molecule has 1 aliphatic heterocycles. The molecule has 0 saturated heterocycles. The minimum atomic E-state index is -0.915. The van der Waals surface area contributed by atoms with Gasteiger partial charge in [-0.2, -0.15) is 0 Å². The highest BCUT2D eigenvalue weighted by atomic mass is 19.2. The van der Waals surface area contributed by atoms with Crippen LogP contribution in [-0.2, 0) is 13.0 Å². The summed E-state index contributed by atoms with van der Waals surface area (Å²) in [5, 5.41) is 2.92. The van der Waals surface area contributed by atoms with E-state index in [4.69, 9.17) is 0 Å². The second-order valence-electron chi connectivity index (χ2n) is 7.17. The monoisotopic (exact) mass is 333 g/mol. The third kappa shape index (κ3) is 3.18. The van der Waals surface area contributed by atoms with E-state index in [-0.39, 0.29) is 11.4 Å². The predicted molar refractivity (Wildman–Crippen MR) is 87.7 cm³/mol. The van der Waals surface area contributed by atoms with Crippen LogP contribution in [0, 0.1) is 11.6 Å². The molecule has 0 bridgehead atoms. The number of benzene rings is 1. The number of carbonyl (C=O) groups is 1. The molecule has 3 rings (SSSR count). The molecule has 6 heteroatoms. The van der Waals surface area contributed by atoms with Gasteiger partial charge in [0.25, 0.3) is 5.91 Å². The summed E-state index contributed by atoms with van der Waals surface area (Å²) >= 11 is 0. The Bertz CT molecular complexity index is 790. The molecule has 2 aromatic rings. The Morgan fingerprint density at radius 3 is 2.62 bits per heavy atom. The normalized spacial score (nSPS) is 14.4. The molecule has 0 spiro atoms. The average Bonchev–Trinajstić information content (AvgIpc) is 2.88. The van der Waals surface area contributed by atoms with Crippen molar-refractivity contribution in [2.24, 2.45) is 0 Å². The van der Waals surface area contributed by atoms with Crippen LogP contribution < -0.4 is 5.32 Å². The molecule has 0 atom stereocenters. The molecule has 4 nitrogen and oxygen atoms in total. The first kappa shape index (κ1) is 16.6. The van der Waals surface area contributed by atoms with E-state index in [1.165, 1.54) is 6.07 Å². The zero-order valence-corrected chi connectivity index (χ0v) is 14.1. The van der Waals surface area contributed by atoms with Gasteiger partial charge in [0.2, 0.25) is 0 Å². The van der Waals surface area contributed by atoms with Crippen molar-refractivity contribution in [1.29, 1.82) is 0 Å². The highest BCUT2D eigenvalue weighted by molar-refractivity contribution is 5.94. The quantitative estimate of drug-likeness (QED) is 0.911. The van der Waals surface area contributed by atoms with Crippen molar-refractivity contribution < 1.29 is 13.6 Å². The fourth-order valence-electron chi connectivity index (χ4n) is 2.98. The van der Waals surface area contributed by atoms with E-state index in [2.05, 4.69) is 10.3 Å². The van der Waals surface area contributed by atoms with Crippen molar-refractivity contribution in [3.63, 3.8) is 0 Å². The highest BCUT2D eigenvalue weighted by Crippen LogP contribution is 2.28. The van der Waals surface area contributed by atoms with Crippen molar-refractivity contribution in [3.05, 3.63) is 41.2 Å². The lowest BCUT2D eigenvalue weighted by Gasteiger charge is -2.21. The van der Waals surface area contributed by atoms with E-state index in [0.717, 1.165) is 43.6 Å². The van der Waals surface area contributed by atoms with Crippen molar-refractivity contribution in [3.8, 4) is 11.4 Å². The van der Waals surface area contributed by atoms with Crippen LogP contribution in [0.1, 0.15) is 49.8 Å². The summed E-state index contributed by atoms with van der Waals surface area (Å²) < 4.78 is 28.8. The summed E-state index contributed by atoms with van der Waals surface area (Å²) in [5.74, 6) is -1.53. The molecule has 1 amide bonds. The molecule has 0 unspecified atom stereocenters. The Morgan fingerprint density at radius 1 is 1.21 bits per heavy atom. The number of hydrogen-bond donors (Lipinski definition) is 1. The van der Waals surface area contributed by atoms with Gasteiger partial charge in [-0.3, -0.25) is 4.79 Å². The minimum absolute atomic E-state index is 0.234. The van der Waals surface area contributed by atoms with Gasteiger partial charge in [0, 0.05) is 17.6 Å². The molecule has 2 heterocycles. The van der Waals surface area contributed by atoms with Crippen LogP contribution in [0.2, 0.25) is 0 Å². The van der Waals surface area contributed by atoms with Crippen LogP contribution in [0.4, 0.5) is 8.78 Å². The summed E-state index contributed by atoms with van der Waals surface area (Å²) in [6, 6.07) is 3.71.